The third kappa shape index (κ3) is 40.7. The van der Waals surface area contributed by atoms with Crippen LogP contribution in [0, 0.1) is 0 Å². The number of rotatable bonds is 42. The molecular weight excluding hydrogens is 702 g/mol. The van der Waals surface area contributed by atoms with E-state index in [4.69, 9.17) is 18.5 Å². The van der Waals surface area contributed by atoms with Gasteiger partial charge in [-0.15, -0.1) is 0 Å². The number of hydrogen-bond donors (Lipinski definition) is 0. The standard InChI is InChI=1S/C44H88NO8P/c1-6-8-10-12-14-16-18-20-22-24-26-28-30-32-34-36-43(46)50-40-42(41-52-54(48,49)51-39-38-45(3,4)5)53-44(47)37-35-33-31-29-27-25-23-21-19-17-15-13-11-9-7-2/h42H,6-41H2,1-5H3/t42-/m1/s1/i44+1. The summed E-state index contributed by atoms with van der Waals surface area (Å²) < 4.78 is 33.9. The van der Waals surface area contributed by atoms with Gasteiger partial charge in [0, 0.05) is 12.8 Å². The van der Waals surface area contributed by atoms with E-state index in [1.54, 1.807) is 0 Å². The number of carbonyl (C=O) groups excluding carboxylic acids is 2. The van der Waals surface area contributed by atoms with E-state index < -0.39 is 26.5 Å². The highest BCUT2D eigenvalue weighted by molar-refractivity contribution is 7.45. The molecule has 0 radical (unpaired) electrons. The van der Waals surface area contributed by atoms with Crippen LogP contribution in [0.15, 0.2) is 0 Å². The number of phosphoric acid groups is 1. The summed E-state index contributed by atoms with van der Waals surface area (Å²) in [6.07, 6.45) is 36.9. The molecule has 0 saturated carbocycles. The van der Waals surface area contributed by atoms with Crippen LogP contribution >= 0.6 is 7.82 Å². The van der Waals surface area contributed by atoms with Crippen LogP contribution in [-0.4, -0.2) is 70.0 Å². The molecule has 0 fully saturated rings. The molecule has 0 spiro atoms. The minimum absolute atomic E-state index is 0.0256. The van der Waals surface area contributed by atoms with E-state index >= 15 is 0 Å². The summed E-state index contributed by atoms with van der Waals surface area (Å²) in [5, 5.41) is 0. The number of unbranched alkanes of at least 4 members (excludes halogenated alkanes) is 28. The number of quaternary nitrogens is 1. The van der Waals surface area contributed by atoms with E-state index in [1.165, 1.54) is 154 Å². The highest BCUT2D eigenvalue weighted by Gasteiger charge is 2.21. The Morgan fingerprint density at radius 3 is 1.19 bits per heavy atom. The summed E-state index contributed by atoms with van der Waals surface area (Å²) in [4.78, 5) is 37.5. The topological polar surface area (TPSA) is 111 Å². The van der Waals surface area contributed by atoms with Crippen LogP contribution in [0.25, 0.3) is 0 Å². The molecule has 10 heteroatoms. The largest absolute Gasteiger partial charge is 0.756 e. The quantitative estimate of drug-likeness (QED) is 0.0198. The van der Waals surface area contributed by atoms with Gasteiger partial charge in [-0.2, -0.15) is 0 Å². The van der Waals surface area contributed by atoms with Crippen molar-refractivity contribution in [3.05, 3.63) is 0 Å². The van der Waals surface area contributed by atoms with E-state index in [2.05, 4.69) is 13.8 Å². The molecule has 0 heterocycles. The van der Waals surface area contributed by atoms with Crippen LogP contribution in [0.5, 0.6) is 0 Å². The van der Waals surface area contributed by atoms with E-state index in [0.717, 1.165) is 32.1 Å². The van der Waals surface area contributed by atoms with Crippen LogP contribution in [-0.2, 0) is 32.7 Å². The molecule has 54 heavy (non-hydrogen) atoms. The average molecular weight is 791 g/mol. The molecule has 0 saturated heterocycles. The Balaban J connectivity index is 4.30. The molecule has 0 aromatic heterocycles. The summed E-state index contributed by atoms with van der Waals surface area (Å²) >= 11 is 0. The molecule has 0 aromatic rings. The first-order chi connectivity index (χ1) is 26.0. The van der Waals surface area contributed by atoms with Crippen molar-refractivity contribution in [3.8, 4) is 0 Å². The second-order valence-corrected chi connectivity index (χ2v) is 18.2. The van der Waals surface area contributed by atoms with E-state index in [9.17, 15) is 19.0 Å². The van der Waals surface area contributed by atoms with Crippen LogP contribution in [0.2, 0.25) is 0 Å². The summed E-state index contributed by atoms with van der Waals surface area (Å²) in [7, 11) is 1.18. The van der Waals surface area contributed by atoms with Crippen molar-refractivity contribution >= 4 is 19.8 Å². The predicted molar refractivity (Wildman–Crippen MR) is 222 cm³/mol. The second-order valence-electron chi connectivity index (χ2n) is 16.8. The number of carbonyl (C=O) groups is 2. The van der Waals surface area contributed by atoms with Gasteiger partial charge in [-0.25, -0.2) is 0 Å². The van der Waals surface area contributed by atoms with Gasteiger partial charge >= 0.3 is 11.9 Å². The molecule has 9 nitrogen and oxygen atoms in total. The van der Waals surface area contributed by atoms with Crippen molar-refractivity contribution in [2.45, 2.75) is 225 Å². The number of likely N-dealkylation sites (N-methyl/N-ethyl adjacent to an activating group) is 1. The number of phosphoric ester groups is 1. The van der Waals surface area contributed by atoms with Gasteiger partial charge in [0.2, 0.25) is 0 Å². The van der Waals surface area contributed by atoms with Gasteiger partial charge < -0.3 is 27.9 Å². The molecule has 2 atom stereocenters. The molecule has 0 aromatic carbocycles. The fourth-order valence-corrected chi connectivity index (χ4v) is 7.27. The van der Waals surface area contributed by atoms with Gasteiger partial charge in [-0.05, 0) is 12.8 Å². The van der Waals surface area contributed by atoms with Crippen LogP contribution < -0.4 is 4.89 Å². The number of esters is 2. The zero-order valence-electron chi connectivity index (χ0n) is 36.2. The Labute approximate surface area is 334 Å². The number of ether oxygens (including phenoxy) is 2. The molecule has 322 valence electrons. The van der Waals surface area contributed by atoms with E-state index in [-0.39, 0.29) is 32.0 Å². The van der Waals surface area contributed by atoms with Crippen molar-refractivity contribution < 1.29 is 42.1 Å². The average Bonchev–Trinajstić information content (AvgIpc) is 3.12. The number of hydrogen-bond acceptors (Lipinski definition) is 8. The van der Waals surface area contributed by atoms with Gasteiger partial charge in [0.15, 0.2) is 6.10 Å². The zero-order valence-corrected chi connectivity index (χ0v) is 37.1. The van der Waals surface area contributed by atoms with Crippen molar-refractivity contribution in [1.82, 2.24) is 0 Å². The lowest BCUT2D eigenvalue weighted by molar-refractivity contribution is -0.870. The molecule has 0 aliphatic carbocycles. The molecule has 0 aliphatic heterocycles. The van der Waals surface area contributed by atoms with E-state index in [1.807, 2.05) is 21.1 Å². The third-order valence-corrected chi connectivity index (χ3v) is 11.1. The predicted octanol–water partition coefficient (Wildman–Crippen LogP) is 12.2. The summed E-state index contributed by atoms with van der Waals surface area (Å²) in [6, 6.07) is 0. The highest BCUT2D eigenvalue weighted by Crippen LogP contribution is 2.38. The smallest absolute Gasteiger partial charge is 0.306 e. The maximum Gasteiger partial charge on any atom is 0.306 e. The fraction of sp³-hybridized carbons (Fsp3) is 0.955. The Morgan fingerprint density at radius 1 is 0.500 bits per heavy atom. The lowest BCUT2D eigenvalue weighted by Gasteiger charge is -2.28. The first-order valence-electron chi connectivity index (χ1n) is 22.7. The Hall–Kier alpha value is -0.990. The maximum atomic E-state index is 12.7. The molecule has 1 unspecified atom stereocenters. The van der Waals surface area contributed by atoms with Gasteiger partial charge in [-0.3, -0.25) is 14.2 Å². The Kier molecular flexibility index (Phi) is 36.9. The maximum absolute atomic E-state index is 12.7. The highest BCUT2D eigenvalue weighted by atomic mass is 31.2. The Morgan fingerprint density at radius 2 is 0.833 bits per heavy atom. The van der Waals surface area contributed by atoms with Crippen molar-refractivity contribution in [3.63, 3.8) is 0 Å². The lowest BCUT2D eigenvalue weighted by Crippen LogP contribution is -2.37. The SMILES string of the molecule is CCCCCCCCCCCCCCCCCC(=O)OC[C@H](COP(=O)([O-])OCC[N+](C)(C)C)O[13C](=O)CCCCCCCCCCCCCCCCC. The molecular formula is C44H88NO8P. The van der Waals surface area contributed by atoms with Crippen molar-refractivity contribution in [2.24, 2.45) is 0 Å². The van der Waals surface area contributed by atoms with Crippen LogP contribution in [0.1, 0.15) is 219 Å². The summed E-state index contributed by atoms with van der Waals surface area (Å²) in [5.74, 6) is -0.818. The summed E-state index contributed by atoms with van der Waals surface area (Å²) in [6.45, 7) is 4.27. The monoisotopic (exact) mass is 791 g/mol. The van der Waals surface area contributed by atoms with Gasteiger partial charge in [0.05, 0.1) is 27.7 Å². The molecule has 0 aliphatic rings. The van der Waals surface area contributed by atoms with Crippen molar-refractivity contribution in [1.29, 1.82) is 0 Å². The first-order valence-corrected chi connectivity index (χ1v) is 24.2. The number of nitrogens with zero attached hydrogens (tertiary/aromatic N) is 1. The normalized spacial score (nSPS) is 13.5. The minimum atomic E-state index is -4.62. The zero-order chi connectivity index (χ0) is 40.0. The minimum Gasteiger partial charge on any atom is -0.756 e. The molecule has 0 rings (SSSR count). The third-order valence-electron chi connectivity index (χ3n) is 10.1. The van der Waals surface area contributed by atoms with Crippen LogP contribution in [0.4, 0.5) is 0 Å². The summed E-state index contributed by atoms with van der Waals surface area (Å²) in [5.41, 5.74) is 0. The van der Waals surface area contributed by atoms with Gasteiger partial charge in [0.25, 0.3) is 7.82 Å². The van der Waals surface area contributed by atoms with E-state index in [0.29, 0.717) is 17.4 Å². The van der Waals surface area contributed by atoms with Crippen LogP contribution in [0.3, 0.4) is 0 Å². The molecule has 0 N–H and O–H groups in total. The first kappa shape index (κ1) is 53.0. The van der Waals surface area contributed by atoms with Gasteiger partial charge in [-0.1, -0.05) is 194 Å². The fourth-order valence-electron chi connectivity index (χ4n) is 6.54. The lowest BCUT2D eigenvalue weighted by atomic mass is 10.0. The second kappa shape index (κ2) is 37.6. The molecule has 0 bridgehead atoms. The Bertz CT molecular complexity index is 896. The van der Waals surface area contributed by atoms with Gasteiger partial charge in [0.1, 0.15) is 19.8 Å². The molecule has 0 amide bonds. The van der Waals surface area contributed by atoms with Crippen molar-refractivity contribution in [2.75, 3.05) is 47.5 Å².